The van der Waals surface area contributed by atoms with Gasteiger partial charge in [-0.1, -0.05) is 56.6 Å². The maximum absolute atomic E-state index is 10.4. The fourth-order valence-electron chi connectivity index (χ4n) is 6.74. The Labute approximate surface area is 227 Å². The number of fused-ring (bicyclic) bond motifs is 5. The highest BCUT2D eigenvalue weighted by Crippen LogP contribution is 2.60. The summed E-state index contributed by atoms with van der Waals surface area (Å²) < 4.78 is 0. The minimum Gasteiger partial charge on any atom is -0.508 e. The van der Waals surface area contributed by atoms with Crippen molar-refractivity contribution in [2.24, 2.45) is 17.3 Å². The highest BCUT2D eigenvalue weighted by Gasteiger charge is 2.54. The molecule has 2 fully saturated rings. The van der Waals surface area contributed by atoms with Crippen LogP contribution in [0.4, 0.5) is 0 Å². The van der Waals surface area contributed by atoms with Gasteiger partial charge in [-0.15, -0.1) is 12.4 Å². The summed E-state index contributed by atoms with van der Waals surface area (Å²) in [5.41, 5.74) is 3.77. The van der Waals surface area contributed by atoms with E-state index in [-0.39, 0.29) is 29.4 Å². The average molecular weight is 541 g/mol. The second kappa shape index (κ2) is 12.9. The Bertz CT molecular complexity index is 987. The Morgan fingerprint density at radius 3 is 2.50 bits per heavy atom. The van der Waals surface area contributed by atoms with Crippen molar-refractivity contribution in [2.45, 2.75) is 83.5 Å². The molecule has 6 atom stereocenters. The Hall–Kier alpha value is -1.34. The molecule has 0 saturated heterocycles. The number of aliphatic hydroxyl groups excluding tert-OH is 2. The minimum absolute atomic E-state index is 0. The van der Waals surface area contributed by atoms with Gasteiger partial charge in [0.05, 0.1) is 12.2 Å². The van der Waals surface area contributed by atoms with Crippen molar-refractivity contribution in [2.75, 3.05) is 6.54 Å². The van der Waals surface area contributed by atoms with Crippen LogP contribution in [0.25, 0.3) is 0 Å². The molecule has 0 aliphatic heterocycles. The molecule has 0 radical (unpaired) electrons. The van der Waals surface area contributed by atoms with Gasteiger partial charge in [-0.25, -0.2) is 0 Å². The first-order valence-electron chi connectivity index (χ1n) is 12.9. The molecule has 0 aromatic heterocycles. The summed E-state index contributed by atoms with van der Waals surface area (Å²) in [6, 6.07) is 13.7. The van der Waals surface area contributed by atoms with E-state index in [1.165, 1.54) is 30.4 Å². The number of hydrogen-bond donors (Lipinski definition) is 4. The molecule has 2 saturated carbocycles. The first kappa shape index (κ1) is 30.9. The first-order chi connectivity index (χ1) is 16.2. The van der Waals surface area contributed by atoms with Crippen molar-refractivity contribution in [3.63, 3.8) is 0 Å². The molecular formula is C29H43Cl2NO4. The normalized spacial score (nSPS) is 28.9. The van der Waals surface area contributed by atoms with Gasteiger partial charge in [-0.3, -0.25) is 0 Å². The summed E-state index contributed by atoms with van der Waals surface area (Å²) in [5.74, 6) is 2.49. The van der Waals surface area contributed by atoms with Gasteiger partial charge in [0, 0.05) is 23.2 Å². The van der Waals surface area contributed by atoms with E-state index in [1.807, 2.05) is 44.2 Å². The highest BCUT2D eigenvalue weighted by atomic mass is 35.5. The number of aryl methyl sites for hydroxylation is 1. The van der Waals surface area contributed by atoms with Gasteiger partial charge < -0.3 is 26.1 Å². The molecule has 36 heavy (non-hydrogen) atoms. The van der Waals surface area contributed by atoms with Crippen LogP contribution in [-0.2, 0) is 6.42 Å². The van der Waals surface area contributed by atoms with Crippen molar-refractivity contribution in [1.82, 2.24) is 5.32 Å². The van der Waals surface area contributed by atoms with E-state index in [2.05, 4.69) is 18.3 Å². The maximum atomic E-state index is 10.4. The van der Waals surface area contributed by atoms with Crippen molar-refractivity contribution < 1.29 is 20.8 Å². The van der Waals surface area contributed by atoms with E-state index in [0.717, 1.165) is 30.7 Å². The zero-order chi connectivity index (χ0) is 24.5. The smallest absolute Gasteiger partial charge is 0.115 e. The molecule has 0 amide bonds. The molecule has 0 spiro atoms. The van der Waals surface area contributed by atoms with E-state index >= 15 is 0 Å². The monoisotopic (exact) mass is 539 g/mol. The molecule has 3 aliphatic rings. The number of aliphatic hydroxyl groups is 2. The molecule has 5 nitrogen and oxygen atoms in total. The standard InChI is InChI=1S/C18H24O2.C11H16ClNO.ClH.H2O/c1-18-9-8-14-13-5-3-12(19)10-11(13)2-4-15(14)16(18)6-7-17(18)20;1-8(2)13-7-11(14)9-5-3-4-6-10(9)12;;/h3,5,10,14-17,19-20H,2,4,6-9H2,1H3;3-6,8,11,13-14H,7H2,1-2H3;1H;1H2/t14-,15-,16+,17+,18+;;;/m1.../s1. The first-order valence-corrected chi connectivity index (χ1v) is 13.2. The lowest BCUT2D eigenvalue weighted by Crippen LogP contribution is -2.43. The maximum Gasteiger partial charge on any atom is 0.115 e. The summed E-state index contributed by atoms with van der Waals surface area (Å²) in [6.45, 7) is 6.93. The number of aromatic hydroxyl groups is 1. The molecule has 1 unspecified atom stereocenters. The van der Waals surface area contributed by atoms with Gasteiger partial charge in [0.15, 0.2) is 0 Å². The van der Waals surface area contributed by atoms with Gasteiger partial charge in [-0.2, -0.15) is 0 Å². The van der Waals surface area contributed by atoms with E-state index in [1.54, 1.807) is 6.07 Å². The summed E-state index contributed by atoms with van der Waals surface area (Å²) >= 11 is 5.95. The number of rotatable bonds is 4. The molecule has 2 aromatic carbocycles. The van der Waals surface area contributed by atoms with Crippen LogP contribution in [0.15, 0.2) is 42.5 Å². The Morgan fingerprint density at radius 2 is 1.81 bits per heavy atom. The molecule has 5 rings (SSSR count). The largest absolute Gasteiger partial charge is 0.508 e. The fourth-order valence-corrected chi connectivity index (χ4v) is 7.01. The van der Waals surface area contributed by atoms with Crippen LogP contribution < -0.4 is 5.32 Å². The van der Waals surface area contributed by atoms with Crippen molar-refractivity contribution in [3.05, 3.63) is 64.2 Å². The number of halogens is 2. The summed E-state index contributed by atoms with van der Waals surface area (Å²) in [4.78, 5) is 0. The number of hydrogen-bond acceptors (Lipinski definition) is 4. The van der Waals surface area contributed by atoms with E-state index < -0.39 is 6.10 Å². The predicted octanol–water partition coefficient (Wildman–Crippen LogP) is 5.58. The van der Waals surface area contributed by atoms with Crippen LogP contribution in [0.5, 0.6) is 5.75 Å². The molecular weight excluding hydrogens is 497 g/mol. The molecule has 0 bridgehead atoms. The van der Waals surface area contributed by atoms with E-state index in [4.69, 9.17) is 11.6 Å². The summed E-state index contributed by atoms with van der Waals surface area (Å²) in [6.07, 6.45) is 6.24. The lowest BCUT2D eigenvalue weighted by atomic mass is 9.55. The Morgan fingerprint density at radius 1 is 1.08 bits per heavy atom. The Kier molecular flexibility index (Phi) is 11.1. The molecule has 2 aromatic rings. The van der Waals surface area contributed by atoms with Gasteiger partial charge in [0.25, 0.3) is 0 Å². The molecule has 3 aliphatic carbocycles. The molecule has 202 valence electrons. The highest BCUT2D eigenvalue weighted by molar-refractivity contribution is 6.31. The SMILES string of the molecule is CC(C)NCC(O)c1ccccc1Cl.C[C@]12CC[C@@H]3c4ccc(O)cc4CC[C@H]3[C@@H]1CC[C@@H]2O.Cl.O. The van der Waals surface area contributed by atoms with Crippen LogP contribution in [0.3, 0.4) is 0 Å². The zero-order valence-electron chi connectivity index (χ0n) is 21.6. The topological polar surface area (TPSA) is 104 Å². The summed E-state index contributed by atoms with van der Waals surface area (Å²) in [7, 11) is 0. The number of phenols is 1. The van der Waals surface area contributed by atoms with Crippen molar-refractivity contribution in [3.8, 4) is 5.75 Å². The summed E-state index contributed by atoms with van der Waals surface area (Å²) in [5, 5.41) is 33.6. The second-order valence-corrected chi connectivity index (χ2v) is 11.4. The quantitative estimate of drug-likeness (QED) is 0.407. The lowest BCUT2D eigenvalue weighted by molar-refractivity contribution is -0.0226. The van der Waals surface area contributed by atoms with Crippen LogP contribution in [0, 0.1) is 17.3 Å². The molecule has 6 N–H and O–H groups in total. The third kappa shape index (κ3) is 6.38. The van der Waals surface area contributed by atoms with Crippen LogP contribution >= 0.6 is 24.0 Å². The lowest BCUT2D eigenvalue weighted by Gasteiger charge is -2.50. The molecule has 7 heteroatoms. The van der Waals surface area contributed by atoms with Crippen LogP contribution in [0.2, 0.25) is 5.02 Å². The zero-order valence-corrected chi connectivity index (χ0v) is 23.2. The fraction of sp³-hybridized carbons (Fsp3) is 0.586. The van der Waals surface area contributed by atoms with Gasteiger partial charge >= 0.3 is 0 Å². The van der Waals surface area contributed by atoms with Crippen LogP contribution in [0.1, 0.15) is 81.6 Å². The Balaban J connectivity index is 0.000000256. The third-order valence-corrected chi connectivity index (χ3v) is 8.99. The molecule has 0 heterocycles. The third-order valence-electron chi connectivity index (χ3n) is 8.64. The van der Waals surface area contributed by atoms with E-state index in [9.17, 15) is 15.3 Å². The van der Waals surface area contributed by atoms with Crippen molar-refractivity contribution in [1.29, 1.82) is 0 Å². The number of phenolic OH excluding ortho intramolecular Hbond substituents is 1. The number of benzene rings is 2. The van der Waals surface area contributed by atoms with Gasteiger partial charge in [0.2, 0.25) is 0 Å². The average Bonchev–Trinajstić information content (AvgIpc) is 3.12. The second-order valence-electron chi connectivity index (χ2n) is 11.0. The van der Waals surface area contributed by atoms with Gasteiger partial charge in [0.1, 0.15) is 5.75 Å². The van der Waals surface area contributed by atoms with Gasteiger partial charge in [-0.05, 0) is 91.0 Å². The number of nitrogens with one attached hydrogen (secondary N) is 1. The minimum atomic E-state index is -0.536. The van der Waals surface area contributed by atoms with Crippen LogP contribution in [-0.4, -0.2) is 39.5 Å². The predicted molar refractivity (Wildman–Crippen MR) is 149 cm³/mol. The van der Waals surface area contributed by atoms with E-state index in [0.29, 0.717) is 35.2 Å². The van der Waals surface area contributed by atoms with Crippen molar-refractivity contribution >= 4 is 24.0 Å².